The van der Waals surface area contributed by atoms with E-state index in [-0.39, 0.29) is 6.04 Å². The van der Waals surface area contributed by atoms with E-state index in [1.54, 1.807) is 0 Å². The van der Waals surface area contributed by atoms with Gasteiger partial charge in [0.1, 0.15) is 17.7 Å². The molecule has 0 bridgehead atoms. The van der Waals surface area contributed by atoms with Gasteiger partial charge in [0.2, 0.25) is 0 Å². The zero-order valence-electron chi connectivity index (χ0n) is 14.9. The van der Waals surface area contributed by atoms with Crippen LogP contribution < -0.4 is 10.2 Å². The number of halogens is 2. The SMILES string of the molecule is Cc1c(C#N)nnc(N(Cc2cc(F)cc(F)c2)C2CCNCC2)c1C. The highest BCUT2D eigenvalue weighted by molar-refractivity contribution is 5.53. The van der Waals surface area contributed by atoms with E-state index in [0.29, 0.717) is 23.6 Å². The van der Waals surface area contributed by atoms with Crippen molar-refractivity contribution in [1.29, 1.82) is 5.26 Å². The molecule has 1 aliphatic rings. The van der Waals surface area contributed by atoms with E-state index < -0.39 is 11.6 Å². The fourth-order valence-electron chi connectivity index (χ4n) is 3.37. The van der Waals surface area contributed by atoms with Crippen molar-refractivity contribution in [2.75, 3.05) is 18.0 Å². The normalized spacial score (nSPS) is 14.9. The lowest BCUT2D eigenvalue weighted by atomic mass is 10.0. The molecule has 0 spiro atoms. The van der Waals surface area contributed by atoms with Crippen molar-refractivity contribution in [2.24, 2.45) is 0 Å². The van der Waals surface area contributed by atoms with Crippen molar-refractivity contribution < 1.29 is 8.78 Å². The second-order valence-corrected chi connectivity index (χ2v) is 6.62. The summed E-state index contributed by atoms with van der Waals surface area (Å²) in [5.74, 6) is -0.522. The Kier molecular flexibility index (Phi) is 5.43. The first-order valence-electron chi connectivity index (χ1n) is 8.66. The summed E-state index contributed by atoms with van der Waals surface area (Å²) >= 11 is 0. The fourth-order valence-corrected chi connectivity index (χ4v) is 3.37. The van der Waals surface area contributed by atoms with Gasteiger partial charge in [-0.25, -0.2) is 8.78 Å². The molecule has 0 saturated carbocycles. The lowest BCUT2D eigenvalue weighted by Gasteiger charge is -2.36. The van der Waals surface area contributed by atoms with Crippen LogP contribution in [-0.2, 0) is 6.54 Å². The Morgan fingerprint density at radius 1 is 1.12 bits per heavy atom. The van der Waals surface area contributed by atoms with Crippen LogP contribution in [0.3, 0.4) is 0 Å². The van der Waals surface area contributed by atoms with Crippen molar-refractivity contribution in [3.63, 3.8) is 0 Å². The Bertz CT molecular complexity index is 820. The van der Waals surface area contributed by atoms with Crippen LogP contribution in [0.5, 0.6) is 0 Å². The van der Waals surface area contributed by atoms with E-state index in [9.17, 15) is 8.78 Å². The first kappa shape index (κ1) is 18.2. The Balaban J connectivity index is 2.01. The standard InChI is InChI=1S/C19H21F2N5/c1-12-13(2)19(25-24-18(12)10-22)26(17-3-5-23-6-4-17)11-14-7-15(20)9-16(21)8-14/h7-9,17,23H,3-6,11H2,1-2H3. The summed E-state index contributed by atoms with van der Waals surface area (Å²) in [4.78, 5) is 2.06. The summed E-state index contributed by atoms with van der Waals surface area (Å²) in [5.41, 5.74) is 2.49. The van der Waals surface area contributed by atoms with Gasteiger partial charge in [-0.3, -0.25) is 0 Å². The van der Waals surface area contributed by atoms with Gasteiger partial charge in [-0.05, 0) is 68.6 Å². The van der Waals surface area contributed by atoms with Gasteiger partial charge in [-0.1, -0.05) is 0 Å². The third-order valence-corrected chi connectivity index (χ3v) is 4.90. The number of benzene rings is 1. The predicted octanol–water partition coefficient (Wildman–Crippen LogP) is 3.00. The number of piperidine rings is 1. The molecular formula is C19H21F2N5. The molecule has 0 unspecified atom stereocenters. The van der Waals surface area contributed by atoms with Crippen LogP contribution in [-0.4, -0.2) is 29.3 Å². The Hall–Kier alpha value is -2.59. The third kappa shape index (κ3) is 3.81. The summed E-state index contributed by atoms with van der Waals surface area (Å²) in [5, 5.41) is 20.8. The highest BCUT2D eigenvalue weighted by Gasteiger charge is 2.25. The summed E-state index contributed by atoms with van der Waals surface area (Å²) in [6.45, 7) is 5.83. The molecule has 0 aliphatic carbocycles. The van der Waals surface area contributed by atoms with Crippen molar-refractivity contribution >= 4 is 5.82 Å². The van der Waals surface area contributed by atoms with Gasteiger partial charge in [0.05, 0.1) is 0 Å². The van der Waals surface area contributed by atoms with Gasteiger partial charge in [-0.2, -0.15) is 5.26 Å². The van der Waals surface area contributed by atoms with Gasteiger partial charge in [0.25, 0.3) is 0 Å². The molecule has 5 nitrogen and oxygen atoms in total. The monoisotopic (exact) mass is 357 g/mol. The molecule has 1 saturated heterocycles. The van der Waals surface area contributed by atoms with Crippen LogP contribution in [0.25, 0.3) is 0 Å². The first-order valence-corrected chi connectivity index (χ1v) is 8.66. The molecule has 1 aliphatic heterocycles. The number of anilines is 1. The van der Waals surface area contributed by atoms with Crippen molar-refractivity contribution in [3.05, 3.63) is 52.2 Å². The molecule has 136 valence electrons. The zero-order valence-corrected chi connectivity index (χ0v) is 14.9. The van der Waals surface area contributed by atoms with Crippen LogP contribution in [0.1, 0.15) is 35.2 Å². The van der Waals surface area contributed by atoms with Gasteiger partial charge >= 0.3 is 0 Å². The largest absolute Gasteiger partial charge is 0.347 e. The van der Waals surface area contributed by atoms with E-state index in [1.165, 1.54) is 12.1 Å². The van der Waals surface area contributed by atoms with E-state index in [0.717, 1.165) is 43.1 Å². The first-order chi connectivity index (χ1) is 12.5. The predicted molar refractivity (Wildman–Crippen MR) is 94.7 cm³/mol. The lowest BCUT2D eigenvalue weighted by molar-refractivity contribution is 0.424. The van der Waals surface area contributed by atoms with Crippen LogP contribution in [0.2, 0.25) is 0 Å². The van der Waals surface area contributed by atoms with Gasteiger partial charge in [0, 0.05) is 18.7 Å². The number of hydrogen-bond acceptors (Lipinski definition) is 5. The maximum atomic E-state index is 13.6. The van der Waals surface area contributed by atoms with Crippen LogP contribution in [0.15, 0.2) is 18.2 Å². The molecule has 26 heavy (non-hydrogen) atoms. The Morgan fingerprint density at radius 2 is 1.77 bits per heavy atom. The van der Waals surface area contributed by atoms with Gasteiger partial charge in [0.15, 0.2) is 11.5 Å². The Labute approximate surface area is 151 Å². The smallest absolute Gasteiger partial charge is 0.166 e. The van der Waals surface area contributed by atoms with Gasteiger partial charge in [-0.15, -0.1) is 10.2 Å². The highest BCUT2D eigenvalue weighted by atomic mass is 19.1. The summed E-state index contributed by atoms with van der Waals surface area (Å²) in [7, 11) is 0. The van der Waals surface area contributed by atoms with E-state index in [2.05, 4.69) is 20.4 Å². The number of nitrogens with zero attached hydrogens (tertiary/aromatic N) is 4. The molecule has 3 rings (SSSR count). The molecule has 2 aromatic rings. The topological polar surface area (TPSA) is 64.8 Å². The van der Waals surface area contributed by atoms with E-state index in [1.807, 2.05) is 19.9 Å². The Morgan fingerprint density at radius 3 is 2.38 bits per heavy atom. The van der Waals surface area contributed by atoms with E-state index in [4.69, 9.17) is 5.26 Å². The fraction of sp³-hybridized carbons (Fsp3) is 0.421. The number of rotatable bonds is 4. The maximum Gasteiger partial charge on any atom is 0.166 e. The molecule has 0 radical (unpaired) electrons. The molecule has 1 aromatic carbocycles. The van der Waals surface area contributed by atoms with E-state index >= 15 is 0 Å². The molecule has 1 N–H and O–H groups in total. The molecule has 7 heteroatoms. The lowest BCUT2D eigenvalue weighted by Crippen LogP contribution is -2.43. The van der Waals surface area contributed by atoms with Crippen molar-refractivity contribution in [3.8, 4) is 6.07 Å². The maximum absolute atomic E-state index is 13.6. The highest BCUT2D eigenvalue weighted by Crippen LogP contribution is 2.28. The molecule has 2 heterocycles. The van der Waals surface area contributed by atoms with Crippen LogP contribution >= 0.6 is 0 Å². The number of nitriles is 1. The molecule has 1 fully saturated rings. The number of nitrogens with one attached hydrogen (secondary N) is 1. The zero-order chi connectivity index (χ0) is 18.7. The quantitative estimate of drug-likeness (QED) is 0.911. The second-order valence-electron chi connectivity index (χ2n) is 6.62. The third-order valence-electron chi connectivity index (χ3n) is 4.90. The van der Waals surface area contributed by atoms with Gasteiger partial charge < -0.3 is 10.2 Å². The van der Waals surface area contributed by atoms with Crippen LogP contribution in [0.4, 0.5) is 14.6 Å². The molecule has 0 atom stereocenters. The van der Waals surface area contributed by atoms with Crippen LogP contribution in [0, 0.1) is 36.8 Å². The minimum atomic E-state index is -0.593. The van der Waals surface area contributed by atoms with Crippen molar-refractivity contribution in [1.82, 2.24) is 15.5 Å². The summed E-state index contributed by atoms with van der Waals surface area (Å²) in [6.07, 6.45) is 1.80. The number of hydrogen-bond donors (Lipinski definition) is 1. The molecule has 1 aromatic heterocycles. The average molecular weight is 357 g/mol. The molecule has 0 amide bonds. The summed E-state index contributed by atoms with van der Waals surface area (Å²) < 4.78 is 27.3. The number of aromatic nitrogens is 2. The average Bonchev–Trinajstić information content (AvgIpc) is 2.62. The summed E-state index contributed by atoms with van der Waals surface area (Å²) in [6, 6.07) is 5.79. The molecular weight excluding hydrogens is 336 g/mol. The second kappa shape index (κ2) is 7.75. The minimum Gasteiger partial charge on any atom is -0.347 e. The minimum absolute atomic E-state index is 0.183. The van der Waals surface area contributed by atoms with Crippen molar-refractivity contribution in [2.45, 2.75) is 39.3 Å².